The van der Waals surface area contributed by atoms with E-state index < -0.39 is 12.0 Å². The average molecular weight is 337 g/mol. The number of carboxylic acid groups (broad SMARTS) is 1. The molecule has 0 aliphatic carbocycles. The van der Waals surface area contributed by atoms with Crippen LogP contribution in [0.15, 0.2) is 28.9 Å². The standard InChI is InChI=1S/C16H19NO5S/c1-3-11(9-23-10(2)18)15(19)17-8-12(7-13(17)16(20)21)14-5-4-6-22-14/h4-7,11,13H,3,8-9H2,1-2H3,(H,20,21)/t11-,13?/m1/s1. The van der Waals surface area contributed by atoms with Crippen molar-refractivity contribution in [1.82, 2.24) is 4.90 Å². The highest BCUT2D eigenvalue weighted by atomic mass is 32.2. The summed E-state index contributed by atoms with van der Waals surface area (Å²) in [6.07, 6.45) is 3.61. The minimum absolute atomic E-state index is 0.0538. The van der Waals surface area contributed by atoms with E-state index in [1.165, 1.54) is 18.1 Å². The number of amides is 1. The fraction of sp³-hybridized carbons (Fsp3) is 0.438. The highest BCUT2D eigenvalue weighted by Crippen LogP contribution is 2.28. The van der Waals surface area contributed by atoms with Gasteiger partial charge in [0.15, 0.2) is 5.12 Å². The first-order valence-electron chi connectivity index (χ1n) is 7.35. The van der Waals surface area contributed by atoms with E-state index in [1.54, 1.807) is 18.2 Å². The Morgan fingerprint density at radius 3 is 2.74 bits per heavy atom. The number of carboxylic acids is 1. The Balaban J connectivity index is 2.15. The van der Waals surface area contributed by atoms with Gasteiger partial charge in [0.2, 0.25) is 5.91 Å². The molecule has 1 aliphatic heterocycles. The second-order valence-electron chi connectivity index (χ2n) is 5.33. The molecule has 23 heavy (non-hydrogen) atoms. The van der Waals surface area contributed by atoms with Crippen LogP contribution in [0.5, 0.6) is 0 Å². The molecule has 1 amide bonds. The Labute approximate surface area is 138 Å². The zero-order valence-electron chi connectivity index (χ0n) is 13.0. The highest BCUT2D eigenvalue weighted by Gasteiger charge is 2.37. The van der Waals surface area contributed by atoms with Gasteiger partial charge in [-0.2, -0.15) is 0 Å². The molecule has 1 aromatic heterocycles. The van der Waals surface area contributed by atoms with Crippen molar-refractivity contribution >= 4 is 34.3 Å². The maximum absolute atomic E-state index is 12.7. The quantitative estimate of drug-likeness (QED) is 0.857. The Morgan fingerprint density at radius 2 is 2.22 bits per heavy atom. The minimum Gasteiger partial charge on any atom is -0.479 e. The van der Waals surface area contributed by atoms with E-state index in [1.807, 2.05) is 6.92 Å². The van der Waals surface area contributed by atoms with Crippen molar-refractivity contribution in [1.29, 1.82) is 0 Å². The molecule has 0 radical (unpaired) electrons. The maximum Gasteiger partial charge on any atom is 0.330 e. The molecule has 2 atom stereocenters. The SMILES string of the molecule is CC[C@H](CSC(C)=O)C(=O)N1CC(c2ccco2)=CC1C(=O)O. The molecule has 1 aliphatic rings. The number of thioether (sulfide) groups is 1. The third-order valence-electron chi connectivity index (χ3n) is 3.74. The Morgan fingerprint density at radius 1 is 1.48 bits per heavy atom. The summed E-state index contributed by atoms with van der Waals surface area (Å²) in [5.41, 5.74) is 0.685. The number of hydrogen-bond acceptors (Lipinski definition) is 5. The van der Waals surface area contributed by atoms with E-state index >= 15 is 0 Å². The Hall–Kier alpha value is -2.02. The molecule has 1 N–H and O–H groups in total. The van der Waals surface area contributed by atoms with Crippen LogP contribution in [0.3, 0.4) is 0 Å². The van der Waals surface area contributed by atoms with Gasteiger partial charge >= 0.3 is 5.97 Å². The largest absolute Gasteiger partial charge is 0.479 e. The molecule has 0 aromatic carbocycles. The van der Waals surface area contributed by atoms with E-state index in [2.05, 4.69) is 0 Å². The van der Waals surface area contributed by atoms with Crippen molar-refractivity contribution in [3.8, 4) is 0 Å². The van der Waals surface area contributed by atoms with Crippen LogP contribution in [0.25, 0.3) is 5.57 Å². The summed E-state index contributed by atoms with van der Waals surface area (Å²) in [7, 11) is 0. The molecule has 124 valence electrons. The molecule has 0 saturated heterocycles. The average Bonchev–Trinajstić information content (AvgIpc) is 3.16. The van der Waals surface area contributed by atoms with E-state index in [0.717, 1.165) is 11.8 Å². The van der Waals surface area contributed by atoms with Gasteiger partial charge in [0.1, 0.15) is 11.8 Å². The van der Waals surface area contributed by atoms with Crippen LogP contribution in [0.1, 0.15) is 26.0 Å². The number of carbonyl (C=O) groups is 3. The van der Waals surface area contributed by atoms with Gasteiger partial charge in [-0.1, -0.05) is 18.7 Å². The van der Waals surface area contributed by atoms with Crippen LogP contribution in [0.4, 0.5) is 0 Å². The van der Waals surface area contributed by atoms with Gasteiger partial charge in [0.05, 0.1) is 12.8 Å². The van der Waals surface area contributed by atoms with E-state index in [9.17, 15) is 19.5 Å². The van der Waals surface area contributed by atoms with E-state index in [4.69, 9.17) is 4.42 Å². The lowest BCUT2D eigenvalue weighted by Crippen LogP contribution is -2.44. The fourth-order valence-corrected chi connectivity index (χ4v) is 3.29. The van der Waals surface area contributed by atoms with Gasteiger partial charge < -0.3 is 14.4 Å². The molecule has 0 spiro atoms. The van der Waals surface area contributed by atoms with Crippen molar-refractivity contribution in [3.63, 3.8) is 0 Å². The summed E-state index contributed by atoms with van der Waals surface area (Å²) in [5.74, 6) is -0.767. The second-order valence-corrected chi connectivity index (χ2v) is 6.52. The molecule has 0 bridgehead atoms. The molecule has 2 heterocycles. The van der Waals surface area contributed by atoms with Crippen molar-refractivity contribution in [2.75, 3.05) is 12.3 Å². The summed E-state index contributed by atoms with van der Waals surface area (Å²) in [4.78, 5) is 36.6. The van der Waals surface area contributed by atoms with Crippen molar-refractivity contribution in [2.45, 2.75) is 26.3 Å². The van der Waals surface area contributed by atoms with Gasteiger partial charge in [-0.3, -0.25) is 9.59 Å². The predicted molar refractivity (Wildman–Crippen MR) is 86.7 cm³/mol. The molecular formula is C16H19NO5S. The van der Waals surface area contributed by atoms with Gasteiger partial charge in [-0.05, 0) is 24.6 Å². The van der Waals surface area contributed by atoms with Crippen LogP contribution in [-0.4, -0.2) is 45.3 Å². The lowest BCUT2D eigenvalue weighted by molar-refractivity contribution is -0.148. The summed E-state index contributed by atoms with van der Waals surface area (Å²) in [5, 5.41) is 9.34. The first-order chi connectivity index (χ1) is 10.9. The molecule has 7 heteroatoms. The number of rotatable bonds is 6. The third-order valence-corrected chi connectivity index (χ3v) is 4.71. The molecule has 0 saturated carbocycles. The smallest absolute Gasteiger partial charge is 0.330 e. The number of carbonyl (C=O) groups excluding carboxylic acids is 2. The van der Waals surface area contributed by atoms with Crippen molar-refractivity contribution < 1.29 is 23.9 Å². The maximum atomic E-state index is 12.7. The summed E-state index contributed by atoms with van der Waals surface area (Å²) in [6.45, 7) is 3.51. The Kier molecular flexibility index (Phi) is 5.65. The van der Waals surface area contributed by atoms with Crippen molar-refractivity contribution in [2.24, 2.45) is 5.92 Å². The fourth-order valence-electron chi connectivity index (χ4n) is 2.47. The van der Waals surface area contributed by atoms with Crippen LogP contribution in [-0.2, 0) is 14.4 Å². The topological polar surface area (TPSA) is 87.8 Å². The second kappa shape index (κ2) is 7.50. The minimum atomic E-state index is -1.08. The number of aliphatic carboxylic acids is 1. The lowest BCUT2D eigenvalue weighted by Gasteiger charge is -2.26. The van der Waals surface area contributed by atoms with Crippen LogP contribution in [0, 0.1) is 5.92 Å². The van der Waals surface area contributed by atoms with Gasteiger partial charge in [0, 0.05) is 24.2 Å². The van der Waals surface area contributed by atoms with E-state index in [-0.39, 0.29) is 23.5 Å². The summed E-state index contributed by atoms with van der Waals surface area (Å²) in [6, 6.07) is 2.45. The zero-order valence-corrected chi connectivity index (χ0v) is 13.8. The molecule has 1 aromatic rings. The number of furan rings is 1. The Bertz CT molecular complexity index is 622. The monoisotopic (exact) mass is 337 g/mol. The van der Waals surface area contributed by atoms with Crippen LogP contribution in [0.2, 0.25) is 0 Å². The van der Waals surface area contributed by atoms with E-state index in [0.29, 0.717) is 23.5 Å². The first-order valence-corrected chi connectivity index (χ1v) is 8.33. The highest BCUT2D eigenvalue weighted by molar-refractivity contribution is 8.13. The van der Waals surface area contributed by atoms with Gasteiger partial charge in [-0.15, -0.1) is 0 Å². The third kappa shape index (κ3) is 4.04. The van der Waals surface area contributed by atoms with Crippen LogP contribution < -0.4 is 0 Å². The predicted octanol–water partition coefficient (Wildman–Crippen LogP) is 2.26. The first kappa shape index (κ1) is 17.3. The molecular weight excluding hydrogens is 318 g/mol. The molecule has 1 unspecified atom stereocenters. The van der Waals surface area contributed by atoms with Crippen LogP contribution >= 0.6 is 11.8 Å². The number of hydrogen-bond donors (Lipinski definition) is 1. The normalized spacial score (nSPS) is 18.6. The van der Waals surface area contributed by atoms with Gasteiger partial charge in [-0.25, -0.2) is 4.79 Å². The molecule has 2 rings (SSSR count). The van der Waals surface area contributed by atoms with Crippen molar-refractivity contribution in [3.05, 3.63) is 30.2 Å². The number of nitrogens with zero attached hydrogens (tertiary/aromatic N) is 1. The zero-order chi connectivity index (χ0) is 17.0. The molecule has 0 fully saturated rings. The molecule has 6 nitrogen and oxygen atoms in total. The summed E-state index contributed by atoms with van der Waals surface area (Å²) < 4.78 is 5.29. The summed E-state index contributed by atoms with van der Waals surface area (Å²) >= 11 is 1.09. The van der Waals surface area contributed by atoms with Gasteiger partial charge in [0.25, 0.3) is 0 Å². The lowest BCUT2D eigenvalue weighted by atomic mass is 10.1.